The zero-order chi connectivity index (χ0) is 30.6. The number of methoxy groups -OCH3 is 2. The minimum absolute atomic E-state index is 0.192. The fourth-order valence-corrected chi connectivity index (χ4v) is 7.02. The molecule has 0 saturated heterocycles. The highest BCUT2D eigenvalue weighted by Crippen LogP contribution is 2.41. The minimum atomic E-state index is -1.77. The van der Waals surface area contributed by atoms with E-state index in [9.17, 15) is 15.1 Å². The lowest BCUT2D eigenvalue weighted by Gasteiger charge is -2.20. The van der Waals surface area contributed by atoms with E-state index in [2.05, 4.69) is 25.0 Å². The number of anilines is 1. The number of hydrogen-bond acceptors (Lipinski definition) is 7. The first-order chi connectivity index (χ1) is 19.9. The summed E-state index contributed by atoms with van der Waals surface area (Å²) in [6.45, 7) is 6.77. The second-order valence-electron chi connectivity index (χ2n) is 10.6. The Morgan fingerprint density at radius 2 is 1.74 bits per heavy atom. The van der Waals surface area contributed by atoms with Gasteiger partial charge in [0.05, 0.1) is 14.2 Å². The number of rotatable bonds is 12. The second-order valence-corrected chi connectivity index (χ2v) is 16.9. The number of benzene rings is 2. The van der Waals surface area contributed by atoms with Gasteiger partial charge in [-0.3, -0.25) is 0 Å². The van der Waals surface area contributed by atoms with Crippen molar-refractivity contribution < 1.29 is 28.5 Å². The van der Waals surface area contributed by atoms with Crippen molar-refractivity contribution in [2.75, 3.05) is 19.5 Å². The zero-order valence-electron chi connectivity index (χ0n) is 23.9. The fourth-order valence-electron chi connectivity index (χ4n) is 4.59. The van der Waals surface area contributed by atoms with Crippen LogP contribution in [-0.2, 0) is 13.0 Å². The first-order valence-corrected chi connectivity index (χ1v) is 18.0. The Kier molecular flexibility index (Phi) is 9.93. The van der Waals surface area contributed by atoms with Crippen LogP contribution in [0, 0.1) is 5.21 Å². The molecule has 0 unspecified atom stereocenters. The van der Waals surface area contributed by atoms with Crippen molar-refractivity contribution in [2.24, 2.45) is 0 Å². The largest absolute Gasteiger partial charge is 0.619 e. The third-order valence-electron chi connectivity index (χ3n) is 6.38. The molecule has 0 aliphatic rings. The summed E-state index contributed by atoms with van der Waals surface area (Å²) in [5, 5.41) is 25.9. The molecule has 0 aliphatic heterocycles. The minimum Gasteiger partial charge on any atom is -0.619 e. The van der Waals surface area contributed by atoms with Crippen LogP contribution in [0.4, 0.5) is 5.69 Å². The zero-order valence-corrected chi connectivity index (χ0v) is 27.2. The maximum Gasteiger partial charge on any atom is 0.346 e. The van der Waals surface area contributed by atoms with Crippen LogP contribution in [0.1, 0.15) is 37.2 Å². The van der Waals surface area contributed by atoms with Gasteiger partial charge in [-0.25, -0.2) is 4.79 Å². The van der Waals surface area contributed by atoms with Gasteiger partial charge >= 0.3 is 5.97 Å². The molecule has 0 bridgehead atoms. The number of carboxylic acids is 1. The molecule has 1 atom stereocenters. The number of aromatic carboxylic acids is 1. The molecule has 2 heterocycles. The van der Waals surface area contributed by atoms with Gasteiger partial charge in [0.2, 0.25) is 8.32 Å². The number of halogens is 2. The summed E-state index contributed by atoms with van der Waals surface area (Å²) in [5.74, 6) is 0.308. The topological polar surface area (TPSA) is 104 Å². The Labute approximate surface area is 260 Å². The summed E-state index contributed by atoms with van der Waals surface area (Å²) in [5.41, 5.74) is 2.77. The molecule has 2 N–H and O–H groups in total. The normalized spacial score (nSPS) is 12.1. The van der Waals surface area contributed by atoms with E-state index in [0.29, 0.717) is 33.9 Å². The van der Waals surface area contributed by atoms with Crippen LogP contribution in [0.2, 0.25) is 29.7 Å². The number of hydrogen-bond donors (Lipinski definition) is 2. The first kappa shape index (κ1) is 31.5. The van der Waals surface area contributed by atoms with Gasteiger partial charge in [-0.15, -0.1) is 11.3 Å². The average Bonchev–Trinajstić information content (AvgIpc) is 3.35. The molecule has 222 valence electrons. The van der Waals surface area contributed by atoms with E-state index in [0.717, 1.165) is 21.9 Å². The van der Waals surface area contributed by atoms with Gasteiger partial charge in [-0.1, -0.05) is 35.3 Å². The molecule has 2 aromatic heterocycles. The lowest BCUT2D eigenvalue weighted by atomic mass is 9.85. The summed E-state index contributed by atoms with van der Waals surface area (Å²) in [7, 11) is 1.31. The number of ether oxygens (including phenoxy) is 2. The van der Waals surface area contributed by atoms with Crippen molar-refractivity contribution in [3.8, 4) is 17.2 Å². The molecule has 0 spiro atoms. The molecule has 0 saturated carbocycles. The third-order valence-corrected chi connectivity index (χ3v) is 9.02. The van der Waals surface area contributed by atoms with Crippen LogP contribution >= 0.6 is 34.5 Å². The molecule has 4 rings (SSSR count). The molecule has 42 heavy (non-hydrogen) atoms. The average molecular weight is 648 g/mol. The highest BCUT2D eigenvalue weighted by Gasteiger charge is 2.28. The predicted molar refractivity (Wildman–Crippen MR) is 170 cm³/mol. The van der Waals surface area contributed by atoms with Crippen molar-refractivity contribution in [2.45, 2.75) is 38.5 Å². The van der Waals surface area contributed by atoms with E-state index in [1.807, 2.05) is 42.5 Å². The van der Waals surface area contributed by atoms with Crippen LogP contribution < -0.4 is 23.9 Å². The van der Waals surface area contributed by atoms with E-state index in [1.165, 1.54) is 30.8 Å². The highest BCUT2D eigenvalue weighted by molar-refractivity contribution is 7.14. The van der Waals surface area contributed by atoms with E-state index >= 15 is 0 Å². The van der Waals surface area contributed by atoms with E-state index in [4.69, 9.17) is 37.1 Å². The van der Waals surface area contributed by atoms with Crippen molar-refractivity contribution in [1.82, 2.24) is 0 Å². The Hall–Kier alpha value is -3.44. The van der Waals surface area contributed by atoms with E-state index in [1.54, 1.807) is 13.2 Å². The van der Waals surface area contributed by atoms with Crippen molar-refractivity contribution >= 4 is 54.5 Å². The third kappa shape index (κ3) is 7.68. The maximum absolute atomic E-state index is 12.5. The molecule has 0 radical (unpaired) electrons. The van der Waals surface area contributed by atoms with Gasteiger partial charge in [0.15, 0.2) is 23.9 Å². The van der Waals surface area contributed by atoms with Gasteiger partial charge in [-0.2, -0.15) is 4.73 Å². The van der Waals surface area contributed by atoms with Crippen LogP contribution in [0.5, 0.6) is 17.2 Å². The molecule has 4 aromatic rings. The van der Waals surface area contributed by atoms with Gasteiger partial charge in [0, 0.05) is 34.7 Å². The number of thiophene rings is 1. The summed E-state index contributed by atoms with van der Waals surface area (Å²) in [6.07, 6.45) is 2.71. The lowest BCUT2D eigenvalue weighted by molar-refractivity contribution is -0.605. The SMILES string of the molecule is COc1ccc([C@H](Cc2c(Cl)c[n+]([O-])cc2Cl)c2cc(CNc3cccc(O[Si](C)(C)C)c3)sc2C(=O)O)cc1OC. The molecule has 8 nitrogen and oxygen atoms in total. The van der Waals surface area contributed by atoms with Crippen molar-refractivity contribution in [3.05, 3.63) is 103 Å². The van der Waals surface area contributed by atoms with Crippen molar-refractivity contribution in [1.29, 1.82) is 0 Å². The van der Waals surface area contributed by atoms with E-state index in [-0.39, 0.29) is 21.3 Å². The number of carbonyl (C=O) groups is 1. The standard InChI is InChI=1S/C30H32Cl2N2O6SSi/c1-38-27-10-9-18(11-28(27)39-2)22(14-24-25(31)16-34(37)17-26(24)32)23-13-21(41-29(23)30(35)36)15-33-19-7-6-8-20(12-19)40-42(3,4)5/h6-13,16-17,22,33H,14-15H2,1-5H3,(H,35,36)/t22-/m0/s1. The van der Waals surface area contributed by atoms with Crippen LogP contribution in [0.25, 0.3) is 0 Å². The maximum atomic E-state index is 12.5. The Bertz CT molecular complexity index is 1570. The molecule has 0 aliphatic carbocycles. The monoisotopic (exact) mass is 646 g/mol. The van der Waals surface area contributed by atoms with E-state index < -0.39 is 20.2 Å². The molecule has 0 fully saturated rings. The van der Waals surface area contributed by atoms with Crippen molar-refractivity contribution in [3.63, 3.8) is 0 Å². The summed E-state index contributed by atoms with van der Waals surface area (Å²) < 4.78 is 17.6. The Balaban J connectivity index is 1.74. The molecule has 12 heteroatoms. The lowest BCUT2D eigenvalue weighted by Crippen LogP contribution is -2.29. The quantitative estimate of drug-likeness (QED) is 0.0927. The molecule has 2 aromatic carbocycles. The Morgan fingerprint density at radius 3 is 2.36 bits per heavy atom. The molecule has 0 amide bonds. The van der Waals surface area contributed by atoms with Gasteiger partial charge in [0.1, 0.15) is 20.7 Å². The highest BCUT2D eigenvalue weighted by atomic mass is 35.5. The first-order valence-electron chi connectivity index (χ1n) is 13.1. The number of pyridine rings is 1. The summed E-state index contributed by atoms with van der Waals surface area (Å²) in [4.78, 5) is 13.5. The van der Waals surface area contributed by atoms with Gasteiger partial charge < -0.3 is 29.5 Å². The Morgan fingerprint density at radius 1 is 1.05 bits per heavy atom. The van der Waals surface area contributed by atoms with Crippen LogP contribution in [0.15, 0.2) is 60.9 Å². The second kappa shape index (κ2) is 13.2. The number of aromatic nitrogens is 1. The number of nitrogens with zero attached hydrogens (tertiary/aromatic N) is 1. The summed E-state index contributed by atoms with van der Waals surface area (Å²) in [6, 6.07) is 15.1. The fraction of sp³-hybridized carbons (Fsp3) is 0.267. The van der Waals surface area contributed by atoms with Crippen LogP contribution in [0.3, 0.4) is 0 Å². The number of carboxylic acid groups (broad SMARTS) is 1. The molecular weight excluding hydrogens is 615 g/mol. The summed E-state index contributed by atoms with van der Waals surface area (Å²) >= 11 is 14.1. The predicted octanol–water partition coefficient (Wildman–Crippen LogP) is 7.60. The number of nitrogens with one attached hydrogen (secondary N) is 1. The van der Waals surface area contributed by atoms with Gasteiger partial charge in [-0.05, 0) is 67.5 Å². The van der Waals surface area contributed by atoms with Gasteiger partial charge in [0.25, 0.3) is 0 Å². The smallest absolute Gasteiger partial charge is 0.346 e. The van der Waals surface area contributed by atoms with Crippen LogP contribution in [-0.4, -0.2) is 33.6 Å². The molecular formula is C30H32Cl2N2O6SSi.